The first kappa shape index (κ1) is 16.7. The third kappa shape index (κ3) is 3.36. The second-order valence-corrected chi connectivity index (χ2v) is 6.46. The SMILES string of the molecule is CCCc1nn(Cc2ccc(C(=O)OC)cc2)c2c1CN(C)CC2. The van der Waals surface area contributed by atoms with Gasteiger partial charge in [-0.2, -0.15) is 5.10 Å². The number of hydrogen-bond donors (Lipinski definition) is 0. The summed E-state index contributed by atoms with van der Waals surface area (Å²) in [6.45, 7) is 5.01. The summed E-state index contributed by atoms with van der Waals surface area (Å²) in [6.07, 6.45) is 3.19. The minimum absolute atomic E-state index is 0.300. The molecule has 2 heterocycles. The lowest BCUT2D eigenvalue weighted by molar-refractivity contribution is 0.0600. The number of aromatic nitrogens is 2. The highest BCUT2D eigenvalue weighted by Crippen LogP contribution is 2.23. The van der Waals surface area contributed by atoms with Crippen LogP contribution in [0.4, 0.5) is 0 Å². The van der Waals surface area contributed by atoms with Gasteiger partial charge in [-0.25, -0.2) is 4.79 Å². The summed E-state index contributed by atoms with van der Waals surface area (Å²) in [7, 11) is 3.57. The molecule has 0 saturated heterocycles. The molecule has 2 aromatic rings. The summed E-state index contributed by atoms with van der Waals surface area (Å²) in [5, 5.41) is 4.88. The molecule has 0 fully saturated rings. The quantitative estimate of drug-likeness (QED) is 0.792. The number of hydrogen-bond acceptors (Lipinski definition) is 4. The van der Waals surface area contributed by atoms with E-state index in [4.69, 9.17) is 9.84 Å². The summed E-state index contributed by atoms with van der Waals surface area (Å²) >= 11 is 0. The zero-order chi connectivity index (χ0) is 17.1. The largest absolute Gasteiger partial charge is 0.465 e. The number of likely N-dealkylation sites (N-methyl/N-ethyl adjacent to an activating group) is 1. The molecule has 0 unspecified atom stereocenters. The second kappa shape index (κ2) is 7.18. The van der Waals surface area contributed by atoms with Gasteiger partial charge >= 0.3 is 5.97 Å². The van der Waals surface area contributed by atoms with Crippen LogP contribution in [0.5, 0.6) is 0 Å². The van der Waals surface area contributed by atoms with Gasteiger partial charge in [0, 0.05) is 30.8 Å². The molecule has 0 amide bonds. The van der Waals surface area contributed by atoms with Crippen molar-refractivity contribution in [3.05, 3.63) is 52.3 Å². The molecule has 24 heavy (non-hydrogen) atoms. The van der Waals surface area contributed by atoms with Gasteiger partial charge in [0.1, 0.15) is 0 Å². The molecule has 0 bridgehead atoms. The standard InChI is InChI=1S/C19H25N3O2/c1-4-5-17-16-13-21(2)11-10-18(16)22(20-17)12-14-6-8-15(9-7-14)19(23)24-3/h6-9H,4-5,10-13H2,1-3H3. The predicted molar refractivity (Wildman–Crippen MR) is 93.1 cm³/mol. The summed E-state index contributed by atoms with van der Waals surface area (Å²) in [5.74, 6) is -0.300. The van der Waals surface area contributed by atoms with E-state index in [1.807, 2.05) is 24.3 Å². The number of ether oxygens (including phenoxy) is 1. The average Bonchev–Trinajstić information content (AvgIpc) is 2.92. The molecular weight excluding hydrogens is 302 g/mol. The first-order chi connectivity index (χ1) is 11.6. The summed E-state index contributed by atoms with van der Waals surface area (Å²) in [4.78, 5) is 13.9. The maximum atomic E-state index is 11.5. The number of carbonyl (C=O) groups is 1. The lowest BCUT2D eigenvalue weighted by Gasteiger charge is -2.23. The van der Waals surface area contributed by atoms with Crippen molar-refractivity contribution in [3.63, 3.8) is 0 Å². The van der Waals surface area contributed by atoms with Crippen LogP contribution in [0.25, 0.3) is 0 Å². The molecule has 1 aromatic carbocycles. The molecule has 0 spiro atoms. The molecule has 0 radical (unpaired) electrons. The Hall–Kier alpha value is -2.14. The Labute approximate surface area is 143 Å². The van der Waals surface area contributed by atoms with Crippen LogP contribution in [-0.4, -0.2) is 41.4 Å². The molecule has 1 aromatic heterocycles. The van der Waals surface area contributed by atoms with E-state index in [1.54, 1.807) is 0 Å². The molecule has 128 valence electrons. The van der Waals surface area contributed by atoms with Crippen molar-refractivity contribution in [1.82, 2.24) is 14.7 Å². The fourth-order valence-corrected chi connectivity index (χ4v) is 3.30. The topological polar surface area (TPSA) is 47.4 Å². The Balaban J connectivity index is 1.84. The molecule has 3 rings (SSSR count). The van der Waals surface area contributed by atoms with Crippen molar-refractivity contribution in [2.24, 2.45) is 0 Å². The minimum atomic E-state index is -0.300. The van der Waals surface area contributed by atoms with E-state index in [0.29, 0.717) is 5.56 Å². The van der Waals surface area contributed by atoms with Crippen molar-refractivity contribution in [3.8, 4) is 0 Å². The third-order valence-electron chi connectivity index (χ3n) is 4.60. The van der Waals surface area contributed by atoms with Crippen molar-refractivity contribution in [1.29, 1.82) is 0 Å². The molecule has 0 atom stereocenters. The number of esters is 1. The predicted octanol–water partition coefficient (Wildman–Crippen LogP) is 2.66. The number of rotatable bonds is 5. The molecule has 0 aliphatic carbocycles. The Bertz CT molecular complexity index is 719. The van der Waals surface area contributed by atoms with Crippen LogP contribution < -0.4 is 0 Å². The molecule has 0 saturated carbocycles. The van der Waals surface area contributed by atoms with E-state index >= 15 is 0 Å². The van der Waals surface area contributed by atoms with Gasteiger partial charge in [0.15, 0.2) is 0 Å². The van der Waals surface area contributed by atoms with E-state index in [1.165, 1.54) is 24.1 Å². The van der Waals surface area contributed by atoms with E-state index in [9.17, 15) is 4.79 Å². The van der Waals surface area contributed by atoms with Crippen LogP contribution in [0.1, 0.15) is 46.2 Å². The van der Waals surface area contributed by atoms with E-state index in [0.717, 1.165) is 44.5 Å². The lowest BCUT2D eigenvalue weighted by Crippen LogP contribution is -2.27. The van der Waals surface area contributed by atoms with Gasteiger partial charge in [-0.3, -0.25) is 4.68 Å². The zero-order valence-corrected chi connectivity index (χ0v) is 14.7. The maximum absolute atomic E-state index is 11.5. The number of carbonyl (C=O) groups excluding carboxylic acids is 1. The molecule has 1 aliphatic rings. The van der Waals surface area contributed by atoms with Crippen LogP contribution in [0.15, 0.2) is 24.3 Å². The number of methoxy groups -OCH3 is 1. The highest BCUT2D eigenvalue weighted by Gasteiger charge is 2.22. The van der Waals surface area contributed by atoms with Gasteiger partial charge in [0.05, 0.1) is 24.9 Å². The zero-order valence-electron chi connectivity index (χ0n) is 14.7. The van der Waals surface area contributed by atoms with Gasteiger partial charge in [-0.1, -0.05) is 25.5 Å². The van der Waals surface area contributed by atoms with E-state index < -0.39 is 0 Å². The molecule has 5 nitrogen and oxygen atoms in total. The second-order valence-electron chi connectivity index (χ2n) is 6.46. The van der Waals surface area contributed by atoms with Crippen molar-refractivity contribution in [2.45, 2.75) is 39.3 Å². The molecule has 1 aliphatic heterocycles. The summed E-state index contributed by atoms with van der Waals surface area (Å²) in [5.41, 5.74) is 5.75. The van der Waals surface area contributed by atoms with E-state index in [-0.39, 0.29) is 5.97 Å². The maximum Gasteiger partial charge on any atom is 0.337 e. The van der Waals surface area contributed by atoms with Crippen LogP contribution in [0.3, 0.4) is 0 Å². The van der Waals surface area contributed by atoms with Gasteiger partial charge in [-0.15, -0.1) is 0 Å². The summed E-state index contributed by atoms with van der Waals surface area (Å²) < 4.78 is 6.90. The number of fused-ring (bicyclic) bond motifs is 1. The van der Waals surface area contributed by atoms with Crippen LogP contribution >= 0.6 is 0 Å². The highest BCUT2D eigenvalue weighted by molar-refractivity contribution is 5.89. The van der Waals surface area contributed by atoms with Crippen LogP contribution in [-0.2, 0) is 30.7 Å². The van der Waals surface area contributed by atoms with Crippen molar-refractivity contribution >= 4 is 5.97 Å². The van der Waals surface area contributed by atoms with Gasteiger partial charge in [-0.05, 0) is 31.2 Å². The number of nitrogens with zero attached hydrogens (tertiary/aromatic N) is 3. The third-order valence-corrected chi connectivity index (χ3v) is 4.60. The number of benzene rings is 1. The normalized spacial score (nSPS) is 14.5. The average molecular weight is 327 g/mol. The Morgan fingerprint density at radius 3 is 2.71 bits per heavy atom. The minimum Gasteiger partial charge on any atom is -0.465 e. The molecule has 5 heteroatoms. The fourth-order valence-electron chi connectivity index (χ4n) is 3.30. The Morgan fingerprint density at radius 2 is 2.04 bits per heavy atom. The monoisotopic (exact) mass is 327 g/mol. The van der Waals surface area contributed by atoms with Crippen LogP contribution in [0, 0.1) is 0 Å². The van der Waals surface area contributed by atoms with E-state index in [2.05, 4.69) is 23.6 Å². The summed E-state index contributed by atoms with van der Waals surface area (Å²) in [6, 6.07) is 7.60. The van der Waals surface area contributed by atoms with Crippen LogP contribution in [0.2, 0.25) is 0 Å². The van der Waals surface area contributed by atoms with Gasteiger partial charge in [0.25, 0.3) is 0 Å². The van der Waals surface area contributed by atoms with Crippen molar-refractivity contribution < 1.29 is 9.53 Å². The fraction of sp³-hybridized carbons (Fsp3) is 0.474. The Kier molecular flexibility index (Phi) is 5.00. The molecular formula is C19H25N3O2. The van der Waals surface area contributed by atoms with Crippen molar-refractivity contribution in [2.75, 3.05) is 20.7 Å². The first-order valence-corrected chi connectivity index (χ1v) is 8.55. The van der Waals surface area contributed by atoms with Gasteiger partial charge < -0.3 is 9.64 Å². The lowest BCUT2D eigenvalue weighted by atomic mass is 10.0. The first-order valence-electron chi connectivity index (χ1n) is 8.55. The Morgan fingerprint density at radius 1 is 1.29 bits per heavy atom. The molecule has 0 N–H and O–H groups in total. The van der Waals surface area contributed by atoms with Gasteiger partial charge in [0.2, 0.25) is 0 Å². The highest BCUT2D eigenvalue weighted by atomic mass is 16.5. The smallest absolute Gasteiger partial charge is 0.337 e. The number of aryl methyl sites for hydroxylation is 1.